The van der Waals surface area contributed by atoms with E-state index in [1.165, 1.54) is 11.1 Å². The van der Waals surface area contributed by atoms with Gasteiger partial charge in [-0.2, -0.15) is 0 Å². The molecule has 106 valence electrons. The van der Waals surface area contributed by atoms with Crippen LogP contribution in [0.4, 0.5) is 0 Å². The summed E-state index contributed by atoms with van der Waals surface area (Å²) in [6.07, 6.45) is 1.87. The molecule has 2 aromatic carbocycles. The van der Waals surface area contributed by atoms with Crippen LogP contribution in [0.15, 0.2) is 72.1 Å². The lowest BCUT2D eigenvalue weighted by Crippen LogP contribution is -2.06. The molecular weight excluding hydrogens is 276 g/mol. The first-order chi connectivity index (χ1) is 10.3. The van der Waals surface area contributed by atoms with Crippen molar-refractivity contribution in [2.75, 3.05) is 0 Å². The molecule has 1 nitrogen and oxygen atoms in total. The summed E-state index contributed by atoms with van der Waals surface area (Å²) < 4.78 is 0. The second-order valence-electron chi connectivity index (χ2n) is 5.23. The number of hydrogen-bond acceptors (Lipinski definition) is 2. The molecule has 1 aromatic heterocycles. The minimum Gasteiger partial charge on any atom is -0.507 e. The number of rotatable bonds is 5. The molecule has 1 heterocycles. The Morgan fingerprint density at radius 2 is 1.48 bits per heavy atom. The Morgan fingerprint density at radius 3 is 2.10 bits per heavy atom. The van der Waals surface area contributed by atoms with Crippen LogP contribution in [0.1, 0.15) is 21.9 Å². The lowest BCUT2D eigenvalue weighted by Gasteiger charge is -2.17. The van der Waals surface area contributed by atoms with Gasteiger partial charge >= 0.3 is 0 Å². The van der Waals surface area contributed by atoms with Crippen molar-refractivity contribution >= 4 is 11.3 Å². The second-order valence-corrected chi connectivity index (χ2v) is 6.23. The van der Waals surface area contributed by atoms with Crippen LogP contribution in [-0.2, 0) is 12.8 Å². The molecule has 1 atom stereocenters. The molecule has 0 aliphatic carbocycles. The Balaban J connectivity index is 1.86. The largest absolute Gasteiger partial charge is 0.507 e. The van der Waals surface area contributed by atoms with Crippen LogP contribution in [0.5, 0.6) is 5.75 Å². The highest BCUT2D eigenvalue weighted by Gasteiger charge is 2.16. The number of hydrogen-bond donors (Lipinski definition) is 1. The predicted octanol–water partition coefficient (Wildman–Crippen LogP) is 5.02. The average molecular weight is 294 g/mol. The molecule has 0 aliphatic heterocycles. The van der Waals surface area contributed by atoms with Crippen molar-refractivity contribution in [3.8, 4) is 5.75 Å². The summed E-state index contributed by atoms with van der Waals surface area (Å²) in [6.45, 7) is 0. The topological polar surface area (TPSA) is 20.2 Å². The van der Waals surface area contributed by atoms with Crippen LogP contribution in [-0.4, -0.2) is 5.11 Å². The highest BCUT2D eigenvalue weighted by atomic mass is 32.1. The molecule has 21 heavy (non-hydrogen) atoms. The lowest BCUT2D eigenvalue weighted by molar-refractivity contribution is 0.468. The van der Waals surface area contributed by atoms with E-state index in [1.54, 1.807) is 17.4 Å². The molecule has 0 saturated carbocycles. The summed E-state index contributed by atoms with van der Waals surface area (Å²) in [5.74, 6) is 0.812. The van der Waals surface area contributed by atoms with E-state index < -0.39 is 0 Å². The molecule has 3 aromatic rings. The summed E-state index contributed by atoms with van der Waals surface area (Å²) >= 11 is 1.63. The molecule has 0 spiro atoms. The number of aromatic hydroxyl groups is 1. The van der Waals surface area contributed by atoms with Crippen molar-refractivity contribution in [2.45, 2.75) is 18.8 Å². The summed E-state index contributed by atoms with van der Waals surface area (Å²) in [4.78, 5) is 1.07. The molecule has 0 fully saturated rings. The molecule has 0 amide bonds. The first kappa shape index (κ1) is 13.9. The SMILES string of the molecule is Oc1ccsc1CC(Cc1ccccc1)c1ccccc1. The van der Waals surface area contributed by atoms with Crippen molar-refractivity contribution in [1.82, 2.24) is 0 Å². The Morgan fingerprint density at radius 1 is 0.810 bits per heavy atom. The van der Waals surface area contributed by atoms with Crippen molar-refractivity contribution in [1.29, 1.82) is 0 Å². The normalized spacial score (nSPS) is 12.2. The average Bonchev–Trinajstić information content (AvgIpc) is 2.94. The van der Waals surface area contributed by atoms with Gasteiger partial charge in [0.2, 0.25) is 0 Å². The van der Waals surface area contributed by atoms with E-state index in [9.17, 15) is 5.11 Å². The zero-order valence-electron chi connectivity index (χ0n) is 11.8. The highest BCUT2D eigenvalue weighted by Crippen LogP contribution is 2.32. The minimum absolute atomic E-state index is 0.387. The Hall–Kier alpha value is -2.06. The fourth-order valence-corrected chi connectivity index (χ4v) is 3.49. The Labute approximate surface area is 129 Å². The third-order valence-electron chi connectivity index (χ3n) is 3.75. The van der Waals surface area contributed by atoms with Gasteiger partial charge in [0.25, 0.3) is 0 Å². The van der Waals surface area contributed by atoms with Crippen molar-refractivity contribution in [3.63, 3.8) is 0 Å². The fourth-order valence-electron chi connectivity index (χ4n) is 2.64. The predicted molar refractivity (Wildman–Crippen MR) is 89.0 cm³/mol. The molecule has 0 saturated heterocycles. The van der Waals surface area contributed by atoms with Gasteiger partial charge in [0.05, 0.1) is 0 Å². The first-order valence-corrected chi connectivity index (χ1v) is 8.05. The summed E-state index contributed by atoms with van der Waals surface area (Å²) in [6, 6.07) is 22.9. The van der Waals surface area contributed by atoms with Crippen LogP contribution in [0, 0.1) is 0 Å². The van der Waals surface area contributed by atoms with Gasteiger partial charge in [0.15, 0.2) is 0 Å². The van der Waals surface area contributed by atoms with Crippen molar-refractivity contribution in [3.05, 3.63) is 88.1 Å². The molecule has 0 radical (unpaired) electrons. The van der Waals surface area contributed by atoms with Gasteiger partial charge in [0, 0.05) is 4.88 Å². The van der Waals surface area contributed by atoms with Crippen molar-refractivity contribution in [2.24, 2.45) is 0 Å². The second kappa shape index (κ2) is 6.59. The van der Waals surface area contributed by atoms with Gasteiger partial charge in [-0.05, 0) is 41.3 Å². The van der Waals surface area contributed by atoms with E-state index in [0.29, 0.717) is 11.7 Å². The van der Waals surface area contributed by atoms with E-state index in [4.69, 9.17) is 0 Å². The maximum absolute atomic E-state index is 9.92. The maximum Gasteiger partial charge on any atom is 0.129 e. The Bertz CT molecular complexity index is 673. The summed E-state index contributed by atoms with van der Waals surface area (Å²) in [7, 11) is 0. The van der Waals surface area contributed by atoms with Crippen LogP contribution >= 0.6 is 11.3 Å². The molecule has 0 aliphatic rings. The van der Waals surface area contributed by atoms with Gasteiger partial charge < -0.3 is 5.11 Å². The number of benzene rings is 2. The van der Waals surface area contributed by atoms with Gasteiger partial charge in [-0.3, -0.25) is 0 Å². The molecule has 2 heteroatoms. The van der Waals surface area contributed by atoms with Crippen LogP contribution in [0.25, 0.3) is 0 Å². The molecule has 3 rings (SSSR count). The van der Waals surface area contributed by atoms with Crippen molar-refractivity contribution < 1.29 is 5.11 Å². The quantitative estimate of drug-likeness (QED) is 0.700. The monoisotopic (exact) mass is 294 g/mol. The van der Waals surface area contributed by atoms with Gasteiger partial charge in [-0.15, -0.1) is 11.3 Å². The fraction of sp³-hybridized carbons (Fsp3) is 0.158. The maximum atomic E-state index is 9.92. The van der Waals surface area contributed by atoms with E-state index in [2.05, 4.69) is 48.5 Å². The third kappa shape index (κ3) is 3.53. The standard InChI is InChI=1S/C19H18OS/c20-18-11-12-21-19(18)14-17(16-9-5-2-6-10-16)13-15-7-3-1-4-8-15/h1-12,17,20H,13-14H2. The highest BCUT2D eigenvalue weighted by molar-refractivity contribution is 7.10. The van der Waals surface area contributed by atoms with E-state index in [0.717, 1.165) is 17.7 Å². The number of thiophene rings is 1. The van der Waals surface area contributed by atoms with Gasteiger partial charge in [0.1, 0.15) is 5.75 Å². The third-order valence-corrected chi connectivity index (χ3v) is 4.68. The summed E-state index contributed by atoms with van der Waals surface area (Å²) in [5, 5.41) is 11.9. The summed E-state index contributed by atoms with van der Waals surface area (Å²) in [5.41, 5.74) is 2.66. The minimum atomic E-state index is 0.387. The molecule has 1 N–H and O–H groups in total. The zero-order valence-corrected chi connectivity index (χ0v) is 12.6. The smallest absolute Gasteiger partial charge is 0.129 e. The lowest BCUT2D eigenvalue weighted by atomic mass is 9.89. The molecule has 0 bridgehead atoms. The van der Waals surface area contributed by atoms with Crippen LogP contribution < -0.4 is 0 Å². The van der Waals surface area contributed by atoms with E-state index >= 15 is 0 Å². The van der Waals surface area contributed by atoms with Gasteiger partial charge in [-0.1, -0.05) is 60.7 Å². The van der Waals surface area contributed by atoms with E-state index in [1.807, 2.05) is 17.5 Å². The van der Waals surface area contributed by atoms with Gasteiger partial charge in [-0.25, -0.2) is 0 Å². The van der Waals surface area contributed by atoms with Crippen LogP contribution in [0.3, 0.4) is 0 Å². The van der Waals surface area contributed by atoms with E-state index in [-0.39, 0.29) is 0 Å². The Kier molecular flexibility index (Phi) is 4.37. The van der Waals surface area contributed by atoms with Crippen LogP contribution in [0.2, 0.25) is 0 Å². The molecular formula is C19H18OS. The zero-order chi connectivity index (χ0) is 14.5. The first-order valence-electron chi connectivity index (χ1n) is 7.17. The molecule has 1 unspecified atom stereocenters.